The first-order chi connectivity index (χ1) is 10.2. The molecule has 0 radical (unpaired) electrons. The van der Waals surface area contributed by atoms with Crippen LogP contribution < -0.4 is 10.4 Å². The lowest BCUT2D eigenvalue weighted by Gasteiger charge is -2.07. The van der Waals surface area contributed by atoms with Gasteiger partial charge in [-0.3, -0.25) is 0 Å². The largest absolute Gasteiger partial charge is 0.457 e. The van der Waals surface area contributed by atoms with Crippen molar-refractivity contribution in [2.24, 2.45) is 0 Å². The van der Waals surface area contributed by atoms with E-state index in [2.05, 4.69) is 4.98 Å². The minimum Gasteiger partial charge on any atom is -0.457 e. The molecule has 0 saturated carbocycles. The average Bonchev–Trinajstić information content (AvgIpc) is 2.47. The summed E-state index contributed by atoms with van der Waals surface area (Å²) >= 11 is 0. The standard InChI is InChI=1S/C16H10N2O3/c1-10-6-16(19)21-15-8-12(2-3-14(10)15)20-13-4-5-18-11(7-13)9-17/h2-8H,1H3. The monoisotopic (exact) mass is 278 g/mol. The van der Waals surface area contributed by atoms with Gasteiger partial charge in [0.15, 0.2) is 0 Å². The maximum Gasteiger partial charge on any atom is 0.336 e. The Morgan fingerprint density at radius 2 is 2.00 bits per heavy atom. The van der Waals surface area contributed by atoms with Gasteiger partial charge in [0, 0.05) is 29.8 Å². The Balaban J connectivity index is 2.01. The van der Waals surface area contributed by atoms with E-state index in [1.807, 2.05) is 19.1 Å². The highest BCUT2D eigenvalue weighted by Gasteiger charge is 2.05. The molecule has 0 saturated heterocycles. The van der Waals surface area contributed by atoms with Crippen LogP contribution in [0.2, 0.25) is 0 Å². The van der Waals surface area contributed by atoms with Gasteiger partial charge in [-0.2, -0.15) is 5.26 Å². The summed E-state index contributed by atoms with van der Waals surface area (Å²) < 4.78 is 10.8. The van der Waals surface area contributed by atoms with E-state index in [4.69, 9.17) is 14.4 Å². The molecule has 5 heteroatoms. The number of benzene rings is 1. The van der Waals surface area contributed by atoms with Gasteiger partial charge in [-0.05, 0) is 30.7 Å². The zero-order valence-corrected chi connectivity index (χ0v) is 11.2. The molecule has 0 fully saturated rings. The van der Waals surface area contributed by atoms with E-state index >= 15 is 0 Å². The van der Waals surface area contributed by atoms with Crippen LogP contribution in [-0.4, -0.2) is 4.98 Å². The first kappa shape index (κ1) is 12.9. The third-order valence-corrected chi connectivity index (χ3v) is 3.00. The molecule has 5 nitrogen and oxygen atoms in total. The summed E-state index contributed by atoms with van der Waals surface area (Å²) in [4.78, 5) is 15.3. The number of fused-ring (bicyclic) bond motifs is 1. The molecule has 0 unspecified atom stereocenters. The van der Waals surface area contributed by atoms with Crippen LogP contribution in [0.5, 0.6) is 11.5 Å². The van der Waals surface area contributed by atoms with Gasteiger partial charge in [-0.1, -0.05) is 0 Å². The van der Waals surface area contributed by atoms with Gasteiger partial charge >= 0.3 is 5.63 Å². The molecule has 0 atom stereocenters. The molecule has 0 aliphatic heterocycles. The van der Waals surface area contributed by atoms with Crippen molar-refractivity contribution >= 4 is 11.0 Å². The molecule has 0 bridgehead atoms. The van der Waals surface area contributed by atoms with Crippen molar-refractivity contribution in [3.05, 3.63) is 64.3 Å². The van der Waals surface area contributed by atoms with Crippen LogP contribution in [0.1, 0.15) is 11.3 Å². The van der Waals surface area contributed by atoms with Gasteiger partial charge in [0.05, 0.1) is 0 Å². The number of aryl methyl sites for hydroxylation is 1. The zero-order chi connectivity index (χ0) is 14.8. The van der Waals surface area contributed by atoms with Gasteiger partial charge in [-0.25, -0.2) is 9.78 Å². The second-order valence-corrected chi connectivity index (χ2v) is 4.50. The van der Waals surface area contributed by atoms with Gasteiger partial charge in [0.1, 0.15) is 28.8 Å². The number of aromatic nitrogens is 1. The number of pyridine rings is 1. The molecule has 0 aliphatic rings. The Morgan fingerprint density at radius 3 is 2.81 bits per heavy atom. The molecule has 0 amide bonds. The third-order valence-electron chi connectivity index (χ3n) is 3.00. The summed E-state index contributed by atoms with van der Waals surface area (Å²) in [6.45, 7) is 1.85. The fraction of sp³-hybridized carbons (Fsp3) is 0.0625. The third kappa shape index (κ3) is 2.60. The molecule has 102 valence electrons. The average molecular weight is 278 g/mol. The van der Waals surface area contributed by atoms with Crippen molar-refractivity contribution in [3.8, 4) is 17.6 Å². The number of hydrogen-bond donors (Lipinski definition) is 0. The number of nitriles is 1. The Labute approximate surface area is 120 Å². The van der Waals surface area contributed by atoms with Crippen LogP contribution >= 0.6 is 0 Å². The van der Waals surface area contributed by atoms with E-state index in [0.717, 1.165) is 10.9 Å². The van der Waals surface area contributed by atoms with E-state index in [0.29, 0.717) is 17.1 Å². The summed E-state index contributed by atoms with van der Waals surface area (Å²) in [5, 5.41) is 9.67. The fourth-order valence-corrected chi connectivity index (χ4v) is 2.04. The molecule has 3 rings (SSSR count). The quantitative estimate of drug-likeness (QED) is 0.673. The Hall–Kier alpha value is -3.13. The van der Waals surface area contributed by atoms with Crippen LogP contribution in [-0.2, 0) is 0 Å². The lowest BCUT2D eigenvalue weighted by atomic mass is 10.1. The predicted molar refractivity (Wildman–Crippen MR) is 76.2 cm³/mol. The Kier molecular flexibility index (Phi) is 3.13. The van der Waals surface area contributed by atoms with Gasteiger partial charge in [0.2, 0.25) is 0 Å². The number of nitrogens with zero attached hydrogens (tertiary/aromatic N) is 2. The normalized spacial score (nSPS) is 10.3. The fourth-order valence-electron chi connectivity index (χ4n) is 2.04. The van der Waals surface area contributed by atoms with Crippen molar-refractivity contribution in [1.82, 2.24) is 4.98 Å². The molecular formula is C16H10N2O3. The second-order valence-electron chi connectivity index (χ2n) is 4.50. The molecule has 2 aromatic heterocycles. The maximum atomic E-state index is 11.4. The molecule has 21 heavy (non-hydrogen) atoms. The summed E-state index contributed by atoms with van der Waals surface area (Å²) in [5.41, 5.74) is 1.19. The van der Waals surface area contributed by atoms with E-state index in [-0.39, 0.29) is 5.69 Å². The topological polar surface area (TPSA) is 76.1 Å². The van der Waals surface area contributed by atoms with Crippen molar-refractivity contribution in [1.29, 1.82) is 5.26 Å². The van der Waals surface area contributed by atoms with Crippen LogP contribution in [0, 0.1) is 18.3 Å². The Morgan fingerprint density at radius 1 is 1.19 bits per heavy atom. The van der Waals surface area contributed by atoms with Gasteiger partial charge < -0.3 is 9.15 Å². The lowest BCUT2D eigenvalue weighted by Crippen LogP contribution is -1.97. The van der Waals surface area contributed by atoms with E-state index in [1.165, 1.54) is 18.3 Å². The molecule has 2 heterocycles. The Bertz CT molecular complexity index is 923. The first-order valence-corrected chi connectivity index (χ1v) is 6.24. The number of ether oxygens (including phenoxy) is 1. The van der Waals surface area contributed by atoms with E-state index in [9.17, 15) is 4.79 Å². The minimum absolute atomic E-state index is 0.274. The van der Waals surface area contributed by atoms with Gasteiger partial charge in [0.25, 0.3) is 0 Å². The predicted octanol–water partition coefficient (Wildman–Crippen LogP) is 3.16. The molecule has 1 aromatic carbocycles. The summed E-state index contributed by atoms with van der Waals surface area (Å²) in [6.07, 6.45) is 1.50. The molecule has 0 aliphatic carbocycles. The van der Waals surface area contributed by atoms with Crippen molar-refractivity contribution in [3.63, 3.8) is 0 Å². The second kappa shape index (κ2) is 5.10. The SMILES string of the molecule is Cc1cc(=O)oc2cc(Oc3ccnc(C#N)c3)ccc12. The van der Waals surface area contributed by atoms with Crippen LogP contribution in [0.3, 0.4) is 0 Å². The van der Waals surface area contributed by atoms with Gasteiger partial charge in [-0.15, -0.1) is 0 Å². The molecule has 0 spiro atoms. The van der Waals surface area contributed by atoms with E-state index < -0.39 is 5.63 Å². The highest BCUT2D eigenvalue weighted by Crippen LogP contribution is 2.26. The smallest absolute Gasteiger partial charge is 0.336 e. The molecular weight excluding hydrogens is 268 g/mol. The van der Waals surface area contributed by atoms with Crippen LogP contribution in [0.25, 0.3) is 11.0 Å². The lowest BCUT2D eigenvalue weighted by molar-refractivity contribution is 0.479. The highest BCUT2D eigenvalue weighted by molar-refractivity contribution is 5.81. The van der Waals surface area contributed by atoms with Crippen molar-refractivity contribution in [2.45, 2.75) is 6.92 Å². The van der Waals surface area contributed by atoms with Crippen molar-refractivity contribution < 1.29 is 9.15 Å². The molecule has 0 N–H and O–H groups in total. The van der Waals surface area contributed by atoms with Crippen molar-refractivity contribution in [2.75, 3.05) is 0 Å². The van der Waals surface area contributed by atoms with Crippen LogP contribution in [0.4, 0.5) is 0 Å². The number of rotatable bonds is 2. The maximum absolute atomic E-state index is 11.4. The highest BCUT2D eigenvalue weighted by atomic mass is 16.5. The summed E-state index contributed by atoms with van der Waals surface area (Å²) in [7, 11) is 0. The first-order valence-electron chi connectivity index (χ1n) is 6.24. The van der Waals surface area contributed by atoms with Crippen LogP contribution in [0.15, 0.2) is 51.8 Å². The summed E-state index contributed by atoms with van der Waals surface area (Å²) in [6, 6.07) is 11.8. The number of hydrogen-bond acceptors (Lipinski definition) is 5. The molecule has 3 aromatic rings. The van der Waals surface area contributed by atoms with E-state index in [1.54, 1.807) is 18.2 Å². The zero-order valence-electron chi connectivity index (χ0n) is 11.2. The summed E-state index contributed by atoms with van der Waals surface area (Å²) in [5.74, 6) is 1.02. The minimum atomic E-state index is -0.396.